The lowest BCUT2D eigenvalue weighted by Gasteiger charge is -2.40. The van der Waals surface area contributed by atoms with Crippen molar-refractivity contribution in [3.8, 4) is 11.5 Å². The number of sulfonamides is 1. The summed E-state index contributed by atoms with van der Waals surface area (Å²) >= 11 is 0. The van der Waals surface area contributed by atoms with Crippen LogP contribution < -0.4 is 0 Å². The molecule has 160 valence electrons. The zero-order valence-corrected chi connectivity index (χ0v) is 18.5. The summed E-state index contributed by atoms with van der Waals surface area (Å²) in [5.74, 6) is 1.12. The van der Waals surface area contributed by atoms with Crippen LogP contribution in [0.3, 0.4) is 0 Å². The quantitative estimate of drug-likeness (QED) is 0.795. The molecule has 0 aromatic carbocycles. The molecular formula is C20H30N4O4S. The summed E-state index contributed by atoms with van der Waals surface area (Å²) in [6, 6.07) is 3.53. The molecule has 9 heteroatoms. The molecule has 2 aromatic rings. The molecular weight excluding hydrogens is 392 g/mol. The number of aryl methyl sites for hydroxylation is 1. The number of nitrogens with one attached hydrogen (secondary N) is 1. The molecule has 1 saturated carbocycles. The standard InChI is InChI=1S/C20H30N4O4S/c1-12-13(2)21-22-20(12)17-6-7-19(28-17)29(25,26)24-10-14-8-16(23(3)4)18(27-5)9-15(14)11-24/h6-7,14-16,18H,8-11H2,1-5H3,(H,21,22)/t14-,15+,16-,18-/m1/s1. The van der Waals surface area contributed by atoms with Crippen molar-refractivity contribution in [2.45, 2.75) is 43.9 Å². The fourth-order valence-electron chi connectivity index (χ4n) is 4.78. The number of hydrogen-bond acceptors (Lipinski definition) is 6. The second-order valence-corrected chi connectivity index (χ2v) is 10.4. The molecule has 1 aliphatic carbocycles. The van der Waals surface area contributed by atoms with Crippen molar-refractivity contribution in [3.05, 3.63) is 23.4 Å². The van der Waals surface area contributed by atoms with Gasteiger partial charge in [0.05, 0.1) is 6.10 Å². The second-order valence-electron chi connectivity index (χ2n) is 8.56. The number of methoxy groups -OCH3 is 1. The molecule has 0 bridgehead atoms. The van der Waals surface area contributed by atoms with Crippen LogP contribution in [0.4, 0.5) is 0 Å². The fraction of sp³-hybridized carbons (Fsp3) is 0.650. The normalized spacial score (nSPS) is 28.2. The Morgan fingerprint density at radius 1 is 1.21 bits per heavy atom. The highest BCUT2D eigenvalue weighted by molar-refractivity contribution is 7.89. The molecule has 4 atom stereocenters. The summed E-state index contributed by atoms with van der Waals surface area (Å²) in [7, 11) is 2.18. The topological polar surface area (TPSA) is 91.7 Å². The third-order valence-electron chi connectivity index (χ3n) is 6.68. The number of rotatable bonds is 5. The third-order valence-corrected chi connectivity index (χ3v) is 8.39. The van der Waals surface area contributed by atoms with Crippen LogP contribution in [0.15, 0.2) is 21.6 Å². The Morgan fingerprint density at radius 3 is 2.48 bits per heavy atom. The molecule has 3 heterocycles. The summed E-state index contributed by atoms with van der Waals surface area (Å²) in [4.78, 5) is 2.19. The number of H-pyrrole nitrogens is 1. The Bertz CT molecular complexity index is 981. The van der Waals surface area contributed by atoms with E-state index in [1.807, 2.05) is 13.8 Å². The predicted octanol–water partition coefficient (Wildman–Crippen LogP) is 2.26. The summed E-state index contributed by atoms with van der Waals surface area (Å²) in [6.45, 7) is 4.91. The minimum atomic E-state index is -3.68. The van der Waals surface area contributed by atoms with Gasteiger partial charge in [-0.3, -0.25) is 5.10 Å². The molecule has 0 amide bonds. The lowest BCUT2D eigenvalue weighted by atomic mass is 9.77. The molecule has 2 aliphatic rings. The van der Waals surface area contributed by atoms with Gasteiger partial charge in [0.25, 0.3) is 10.0 Å². The SMILES string of the molecule is CO[C@@H]1C[C@H]2CN(S(=O)(=O)c3ccc(-c4n[nH]c(C)c4C)o3)C[C@H]2C[C@H]1N(C)C. The molecule has 0 spiro atoms. The van der Waals surface area contributed by atoms with Crippen molar-refractivity contribution in [2.24, 2.45) is 11.8 Å². The van der Waals surface area contributed by atoms with E-state index in [0.717, 1.165) is 24.1 Å². The summed E-state index contributed by atoms with van der Waals surface area (Å²) in [5.41, 5.74) is 2.54. The second kappa shape index (κ2) is 7.54. The van der Waals surface area contributed by atoms with Crippen LogP contribution in [0.2, 0.25) is 0 Å². The highest BCUT2D eigenvalue weighted by Crippen LogP contribution is 2.41. The zero-order valence-electron chi connectivity index (χ0n) is 17.7. The van der Waals surface area contributed by atoms with Gasteiger partial charge in [-0.25, -0.2) is 8.42 Å². The van der Waals surface area contributed by atoms with Gasteiger partial charge in [-0.15, -0.1) is 0 Å². The molecule has 1 aliphatic heterocycles. The van der Waals surface area contributed by atoms with Crippen LogP contribution in [0, 0.1) is 25.7 Å². The summed E-state index contributed by atoms with van der Waals surface area (Å²) < 4.78 is 39.5. The molecule has 0 radical (unpaired) electrons. The van der Waals surface area contributed by atoms with Gasteiger partial charge in [0.1, 0.15) is 5.69 Å². The van der Waals surface area contributed by atoms with E-state index >= 15 is 0 Å². The number of ether oxygens (including phenoxy) is 1. The van der Waals surface area contributed by atoms with Gasteiger partial charge in [0, 0.05) is 37.5 Å². The van der Waals surface area contributed by atoms with Gasteiger partial charge in [-0.2, -0.15) is 9.40 Å². The van der Waals surface area contributed by atoms with E-state index in [-0.39, 0.29) is 11.2 Å². The molecule has 8 nitrogen and oxygen atoms in total. The first-order valence-corrected chi connectivity index (χ1v) is 11.5. The number of hydrogen-bond donors (Lipinski definition) is 1. The smallest absolute Gasteiger partial charge is 0.276 e. The number of likely N-dealkylation sites (N-methyl/N-ethyl adjacent to an activating group) is 1. The first-order valence-electron chi connectivity index (χ1n) is 10.0. The van der Waals surface area contributed by atoms with Gasteiger partial charge in [-0.05, 0) is 64.8 Å². The van der Waals surface area contributed by atoms with Gasteiger partial charge in [-0.1, -0.05) is 0 Å². The van der Waals surface area contributed by atoms with E-state index in [1.165, 1.54) is 6.07 Å². The minimum absolute atomic E-state index is 0.0151. The van der Waals surface area contributed by atoms with E-state index in [9.17, 15) is 8.42 Å². The fourth-order valence-corrected chi connectivity index (χ4v) is 6.24. The van der Waals surface area contributed by atoms with Crippen LogP contribution in [0.5, 0.6) is 0 Å². The van der Waals surface area contributed by atoms with E-state index in [1.54, 1.807) is 17.5 Å². The Kier molecular flexibility index (Phi) is 5.35. The predicted molar refractivity (Wildman–Crippen MR) is 109 cm³/mol. The van der Waals surface area contributed by atoms with Crippen molar-refractivity contribution in [2.75, 3.05) is 34.3 Å². The maximum Gasteiger partial charge on any atom is 0.276 e. The third kappa shape index (κ3) is 3.54. The van der Waals surface area contributed by atoms with Crippen molar-refractivity contribution in [1.82, 2.24) is 19.4 Å². The van der Waals surface area contributed by atoms with Gasteiger partial charge in [0.15, 0.2) is 5.76 Å². The monoisotopic (exact) mass is 422 g/mol. The molecule has 2 fully saturated rings. The van der Waals surface area contributed by atoms with E-state index in [0.29, 0.717) is 42.4 Å². The maximum absolute atomic E-state index is 13.2. The Balaban J connectivity index is 1.54. The van der Waals surface area contributed by atoms with Crippen LogP contribution in [-0.4, -0.2) is 74.3 Å². The largest absolute Gasteiger partial charge is 0.442 e. The Labute approximate surface area is 172 Å². The van der Waals surface area contributed by atoms with Crippen LogP contribution in [0.25, 0.3) is 11.5 Å². The Morgan fingerprint density at radius 2 is 1.90 bits per heavy atom. The lowest BCUT2D eigenvalue weighted by Crippen LogP contribution is -2.47. The maximum atomic E-state index is 13.2. The summed E-state index contributed by atoms with van der Waals surface area (Å²) in [6.07, 6.45) is 1.96. The number of aromatic nitrogens is 2. The molecule has 29 heavy (non-hydrogen) atoms. The van der Waals surface area contributed by atoms with Crippen molar-refractivity contribution >= 4 is 10.0 Å². The highest BCUT2D eigenvalue weighted by Gasteiger charge is 2.46. The number of nitrogens with zero attached hydrogens (tertiary/aromatic N) is 3. The number of furan rings is 1. The molecule has 2 aromatic heterocycles. The van der Waals surface area contributed by atoms with Gasteiger partial charge < -0.3 is 14.1 Å². The van der Waals surface area contributed by atoms with Crippen molar-refractivity contribution < 1.29 is 17.6 Å². The Hall–Kier alpha value is -1.68. The summed E-state index contributed by atoms with van der Waals surface area (Å²) in [5, 5.41) is 7.13. The lowest BCUT2D eigenvalue weighted by molar-refractivity contribution is -0.0209. The minimum Gasteiger partial charge on any atom is -0.442 e. The molecule has 1 saturated heterocycles. The van der Waals surface area contributed by atoms with E-state index < -0.39 is 10.0 Å². The van der Waals surface area contributed by atoms with Crippen molar-refractivity contribution in [3.63, 3.8) is 0 Å². The molecule has 4 rings (SSSR count). The number of aromatic amines is 1. The highest BCUT2D eigenvalue weighted by atomic mass is 32.2. The van der Waals surface area contributed by atoms with Crippen LogP contribution in [-0.2, 0) is 14.8 Å². The first-order chi connectivity index (χ1) is 13.7. The average Bonchev–Trinajstić information content (AvgIpc) is 3.40. The molecule has 1 N–H and O–H groups in total. The average molecular weight is 423 g/mol. The van der Waals surface area contributed by atoms with Crippen LogP contribution >= 0.6 is 0 Å². The van der Waals surface area contributed by atoms with E-state index in [4.69, 9.17) is 9.15 Å². The number of fused-ring (bicyclic) bond motifs is 1. The van der Waals surface area contributed by atoms with Crippen molar-refractivity contribution in [1.29, 1.82) is 0 Å². The first kappa shape index (κ1) is 20.6. The van der Waals surface area contributed by atoms with Gasteiger partial charge >= 0.3 is 0 Å². The zero-order chi connectivity index (χ0) is 20.9. The van der Waals surface area contributed by atoms with E-state index in [2.05, 4.69) is 29.2 Å². The van der Waals surface area contributed by atoms with Crippen LogP contribution in [0.1, 0.15) is 24.1 Å². The molecule has 0 unspecified atom stereocenters. The van der Waals surface area contributed by atoms with Gasteiger partial charge in [0.2, 0.25) is 5.09 Å².